The van der Waals surface area contributed by atoms with E-state index in [9.17, 15) is 21.6 Å². The molecule has 3 aromatic rings. The van der Waals surface area contributed by atoms with E-state index in [0.29, 0.717) is 30.1 Å². The smallest absolute Gasteiger partial charge is 0.251 e. The second-order valence-electron chi connectivity index (χ2n) is 9.43. The minimum atomic E-state index is -3.54. The summed E-state index contributed by atoms with van der Waals surface area (Å²) in [5.41, 5.74) is 2.75. The molecule has 39 heavy (non-hydrogen) atoms. The number of benzene rings is 3. The number of amides is 1. The van der Waals surface area contributed by atoms with E-state index in [-0.39, 0.29) is 30.5 Å². The fourth-order valence-corrected chi connectivity index (χ4v) is 6.74. The van der Waals surface area contributed by atoms with Crippen molar-refractivity contribution in [3.05, 3.63) is 89.5 Å². The van der Waals surface area contributed by atoms with Gasteiger partial charge >= 0.3 is 0 Å². The number of hydrogen-bond acceptors (Lipinski definition) is 6. The molecule has 0 unspecified atom stereocenters. The van der Waals surface area contributed by atoms with Crippen LogP contribution in [-0.2, 0) is 26.6 Å². The summed E-state index contributed by atoms with van der Waals surface area (Å²) >= 11 is 0. The van der Waals surface area contributed by atoms with E-state index >= 15 is 0 Å². The van der Waals surface area contributed by atoms with Crippen molar-refractivity contribution in [3.63, 3.8) is 0 Å². The van der Waals surface area contributed by atoms with Crippen molar-refractivity contribution in [2.75, 3.05) is 36.8 Å². The molecule has 1 amide bonds. The predicted molar refractivity (Wildman–Crippen MR) is 151 cm³/mol. The highest BCUT2D eigenvalue weighted by Gasteiger charge is 2.27. The molecule has 0 spiro atoms. The highest BCUT2D eigenvalue weighted by atomic mass is 32.2. The molecule has 0 radical (unpaired) electrons. The molecule has 9 nitrogen and oxygen atoms in total. The number of sulfonamides is 2. The first kappa shape index (κ1) is 28.6. The fraction of sp³-hybridized carbons (Fsp3) is 0.321. The molecule has 1 heterocycles. The molecule has 4 rings (SSSR count). The first-order valence-electron chi connectivity index (χ1n) is 12.7. The summed E-state index contributed by atoms with van der Waals surface area (Å²) in [7, 11) is -7.02. The topological polar surface area (TPSA) is 113 Å². The zero-order valence-electron chi connectivity index (χ0n) is 22.0. The van der Waals surface area contributed by atoms with Crippen LogP contribution in [0.4, 0.5) is 5.69 Å². The summed E-state index contributed by atoms with van der Waals surface area (Å²) in [4.78, 5) is 12.8. The second kappa shape index (κ2) is 12.2. The first-order valence-corrected chi connectivity index (χ1v) is 16.0. The summed E-state index contributed by atoms with van der Waals surface area (Å²) in [5.74, 6) is 0.186. The van der Waals surface area contributed by atoms with Gasteiger partial charge in [0.25, 0.3) is 5.91 Å². The van der Waals surface area contributed by atoms with Gasteiger partial charge in [-0.1, -0.05) is 24.3 Å². The van der Waals surface area contributed by atoms with Crippen LogP contribution in [-0.4, -0.2) is 59.5 Å². The van der Waals surface area contributed by atoms with Crippen LogP contribution in [0.1, 0.15) is 34.3 Å². The van der Waals surface area contributed by atoms with Crippen molar-refractivity contribution in [2.24, 2.45) is 0 Å². The van der Waals surface area contributed by atoms with E-state index in [2.05, 4.69) is 5.32 Å². The largest absolute Gasteiger partial charge is 0.492 e. The average molecular weight is 572 g/mol. The maximum absolute atomic E-state index is 12.6. The number of hydrogen-bond donors (Lipinski definition) is 1. The van der Waals surface area contributed by atoms with Crippen LogP contribution in [0, 0.1) is 6.92 Å². The lowest BCUT2D eigenvalue weighted by molar-refractivity contribution is 0.0947. The number of anilines is 1. The summed E-state index contributed by atoms with van der Waals surface area (Å²) < 4.78 is 58.7. The van der Waals surface area contributed by atoms with Crippen molar-refractivity contribution < 1.29 is 26.4 Å². The van der Waals surface area contributed by atoms with Gasteiger partial charge < -0.3 is 10.1 Å². The monoisotopic (exact) mass is 571 g/mol. The Labute approximate surface area is 230 Å². The predicted octanol–water partition coefficient (Wildman–Crippen LogP) is 3.55. The van der Waals surface area contributed by atoms with Gasteiger partial charge in [-0.05, 0) is 79.4 Å². The number of carbonyl (C=O) groups excluding carboxylic acids is 1. The third-order valence-electron chi connectivity index (χ3n) is 6.58. The Morgan fingerprint density at radius 3 is 2.18 bits per heavy atom. The van der Waals surface area contributed by atoms with E-state index in [4.69, 9.17) is 4.74 Å². The molecule has 3 aromatic carbocycles. The van der Waals surface area contributed by atoms with Gasteiger partial charge in [0, 0.05) is 18.7 Å². The van der Waals surface area contributed by atoms with E-state index in [0.717, 1.165) is 30.2 Å². The van der Waals surface area contributed by atoms with Gasteiger partial charge in [-0.2, -0.15) is 4.31 Å². The van der Waals surface area contributed by atoms with Crippen LogP contribution in [0.15, 0.2) is 77.7 Å². The third-order valence-corrected chi connectivity index (χ3v) is 9.63. The normalized spacial score (nSPS) is 14.2. The molecule has 1 fully saturated rings. The molecule has 0 bridgehead atoms. The van der Waals surface area contributed by atoms with Crippen LogP contribution >= 0.6 is 0 Å². The number of rotatable bonds is 11. The summed E-state index contributed by atoms with van der Waals surface area (Å²) in [6.07, 6.45) is 2.92. The lowest BCUT2D eigenvalue weighted by Gasteiger charge is -2.23. The standard InChI is InChI=1S/C28H33N3O6S2/c1-22-7-3-4-8-24(22)21-31(38(2,33)34)25-11-9-23(10-12-25)28(32)29-17-20-37-26-13-15-27(16-14-26)39(35,36)30-18-5-6-19-30/h3-4,7-16H,5-6,17-21H2,1-2H3,(H,29,32). The van der Waals surface area contributed by atoms with E-state index in [1.54, 1.807) is 36.4 Å². The Kier molecular flexibility index (Phi) is 8.94. The highest BCUT2D eigenvalue weighted by molar-refractivity contribution is 7.92. The maximum Gasteiger partial charge on any atom is 0.251 e. The second-order valence-corrected chi connectivity index (χ2v) is 13.3. The number of nitrogens with zero attached hydrogens (tertiary/aromatic N) is 2. The summed E-state index contributed by atoms with van der Waals surface area (Å²) in [6.45, 7) is 3.65. The van der Waals surface area contributed by atoms with Gasteiger partial charge in [0.2, 0.25) is 20.0 Å². The van der Waals surface area contributed by atoms with Crippen LogP contribution in [0.5, 0.6) is 5.75 Å². The van der Waals surface area contributed by atoms with E-state index < -0.39 is 20.0 Å². The molecular weight excluding hydrogens is 538 g/mol. The Hall–Kier alpha value is -3.41. The Morgan fingerprint density at radius 2 is 1.56 bits per heavy atom. The molecule has 1 aliphatic rings. The zero-order valence-corrected chi connectivity index (χ0v) is 23.7. The summed E-state index contributed by atoms with van der Waals surface area (Å²) in [6, 6.07) is 20.3. The van der Waals surface area contributed by atoms with Crippen LogP contribution in [0.3, 0.4) is 0 Å². The van der Waals surface area contributed by atoms with Crippen molar-refractivity contribution in [1.29, 1.82) is 0 Å². The van der Waals surface area contributed by atoms with Gasteiger partial charge in [-0.25, -0.2) is 16.8 Å². The molecule has 1 saturated heterocycles. The van der Waals surface area contributed by atoms with Crippen LogP contribution in [0.2, 0.25) is 0 Å². The van der Waals surface area contributed by atoms with Crippen molar-refractivity contribution >= 4 is 31.6 Å². The first-order chi connectivity index (χ1) is 18.6. The van der Waals surface area contributed by atoms with Crippen molar-refractivity contribution in [3.8, 4) is 5.75 Å². The van der Waals surface area contributed by atoms with Gasteiger partial charge in [-0.15, -0.1) is 0 Å². The van der Waals surface area contributed by atoms with Gasteiger partial charge in [0.05, 0.1) is 29.9 Å². The molecule has 11 heteroatoms. The van der Waals surface area contributed by atoms with E-state index in [1.807, 2.05) is 31.2 Å². The summed E-state index contributed by atoms with van der Waals surface area (Å²) in [5, 5.41) is 2.77. The number of ether oxygens (including phenoxy) is 1. The number of carbonyl (C=O) groups is 1. The molecule has 1 N–H and O–H groups in total. The Balaban J connectivity index is 1.30. The van der Waals surface area contributed by atoms with Crippen molar-refractivity contribution in [1.82, 2.24) is 9.62 Å². The highest BCUT2D eigenvalue weighted by Crippen LogP contribution is 2.24. The number of nitrogens with one attached hydrogen (secondary N) is 1. The van der Waals surface area contributed by atoms with E-state index in [1.165, 1.54) is 20.7 Å². The van der Waals surface area contributed by atoms with Crippen LogP contribution in [0.25, 0.3) is 0 Å². The molecular formula is C28H33N3O6S2. The maximum atomic E-state index is 12.6. The van der Waals surface area contributed by atoms with Gasteiger partial charge in [-0.3, -0.25) is 9.10 Å². The zero-order chi connectivity index (χ0) is 28.0. The minimum Gasteiger partial charge on any atom is -0.492 e. The lowest BCUT2D eigenvalue weighted by atomic mass is 10.1. The minimum absolute atomic E-state index is 0.194. The molecule has 1 aliphatic heterocycles. The van der Waals surface area contributed by atoms with Gasteiger partial charge in [0.15, 0.2) is 0 Å². The quantitative estimate of drug-likeness (QED) is 0.352. The Morgan fingerprint density at radius 1 is 0.923 bits per heavy atom. The van der Waals surface area contributed by atoms with Crippen LogP contribution < -0.4 is 14.4 Å². The molecule has 0 aliphatic carbocycles. The fourth-order valence-electron chi connectivity index (χ4n) is 4.34. The average Bonchev–Trinajstić information content (AvgIpc) is 3.47. The SMILES string of the molecule is Cc1ccccc1CN(c1ccc(C(=O)NCCOc2ccc(S(=O)(=O)N3CCCC3)cc2)cc1)S(C)(=O)=O. The molecule has 0 saturated carbocycles. The lowest BCUT2D eigenvalue weighted by Crippen LogP contribution is -2.30. The number of aryl methyl sites for hydroxylation is 1. The van der Waals surface area contributed by atoms with Crippen molar-refractivity contribution in [2.45, 2.75) is 31.2 Å². The molecule has 0 aromatic heterocycles. The third kappa shape index (κ3) is 7.17. The molecule has 208 valence electrons. The Bertz CT molecular complexity index is 1500. The molecule has 0 atom stereocenters. The van der Waals surface area contributed by atoms with Gasteiger partial charge in [0.1, 0.15) is 12.4 Å².